The zero-order valence-corrected chi connectivity index (χ0v) is 61.8. The summed E-state index contributed by atoms with van der Waals surface area (Å²) >= 11 is 0. The summed E-state index contributed by atoms with van der Waals surface area (Å²) < 4.78 is 106. The number of hydrogen-bond acceptors (Lipinski definition) is 24. The van der Waals surface area contributed by atoms with Crippen LogP contribution in [0.1, 0.15) is 227 Å². The Morgan fingerprint density at radius 2 is 0.717 bits per heavy atom. The maximum absolute atomic E-state index is 12.8. The molecular formula is C69H119N3O24P3+3. The molecule has 0 aromatic carbocycles. The van der Waals surface area contributed by atoms with E-state index < -0.39 is 96.6 Å². The third-order valence-corrected chi connectivity index (χ3v) is 20.1. The molecule has 3 saturated heterocycles. The predicted molar refractivity (Wildman–Crippen MR) is 368 cm³/mol. The van der Waals surface area contributed by atoms with Crippen molar-refractivity contribution in [1.29, 1.82) is 0 Å². The Hall–Kier alpha value is -3.57. The molecule has 14 atom stereocenters. The fourth-order valence-electron chi connectivity index (χ4n) is 10.8. The largest absolute Gasteiger partial charge is 0.476 e. The van der Waals surface area contributed by atoms with Crippen molar-refractivity contribution in [1.82, 2.24) is 0 Å². The minimum atomic E-state index is -3.95. The zero-order chi connectivity index (χ0) is 72.1. The minimum Gasteiger partial charge on any atom is -0.387 e. The van der Waals surface area contributed by atoms with Crippen LogP contribution in [0.2, 0.25) is 0 Å². The van der Waals surface area contributed by atoms with Crippen LogP contribution in [0.25, 0.3) is 0 Å². The Labute approximate surface area is 587 Å². The molecule has 27 nitrogen and oxygen atoms in total. The van der Waals surface area contributed by atoms with Crippen LogP contribution in [0.5, 0.6) is 0 Å². The van der Waals surface area contributed by atoms with Gasteiger partial charge in [-0.15, -0.1) is 0 Å². The van der Waals surface area contributed by atoms with Gasteiger partial charge in [-0.05, 0) is 58.2 Å². The molecule has 0 radical (unpaired) electrons. The number of nitrogens with zero attached hydrogens (tertiary/aromatic N) is 3. The highest BCUT2D eigenvalue weighted by atomic mass is 31.2. The second kappa shape index (κ2) is 48.5. The number of aromatic nitrogens is 3. The van der Waals surface area contributed by atoms with Crippen molar-refractivity contribution in [3.8, 4) is 0 Å². The summed E-state index contributed by atoms with van der Waals surface area (Å²) in [5.41, 5.74) is 1.34. The first kappa shape index (κ1) is 89.6. The van der Waals surface area contributed by atoms with Gasteiger partial charge < -0.3 is 58.8 Å². The molecule has 99 heavy (non-hydrogen) atoms. The van der Waals surface area contributed by atoms with E-state index in [9.17, 15) is 58.7 Å². The van der Waals surface area contributed by atoms with Crippen molar-refractivity contribution in [3.05, 3.63) is 90.3 Å². The first-order valence-electron chi connectivity index (χ1n) is 34.7. The number of pyridine rings is 3. The normalized spacial score (nSPS) is 24.0. The van der Waals surface area contributed by atoms with Crippen LogP contribution in [0, 0.1) is 0 Å². The van der Waals surface area contributed by atoms with Gasteiger partial charge in [0.05, 0.1) is 43.1 Å². The van der Waals surface area contributed by atoms with E-state index in [2.05, 4.69) is 13.8 Å². The smallest absolute Gasteiger partial charge is 0.387 e. The molecule has 3 fully saturated rings. The lowest BCUT2D eigenvalue weighted by Crippen LogP contribution is -2.46. The third-order valence-electron chi connectivity index (χ3n) is 16.6. The van der Waals surface area contributed by atoms with Gasteiger partial charge in [0.25, 0.3) is 18.7 Å². The van der Waals surface area contributed by atoms with E-state index in [-0.39, 0.29) is 58.0 Å². The van der Waals surface area contributed by atoms with E-state index in [1.165, 1.54) is 177 Å². The van der Waals surface area contributed by atoms with Crippen molar-refractivity contribution in [2.45, 2.75) is 251 Å². The molecule has 3 aromatic rings. The van der Waals surface area contributed by atoms with Crippen molar-refractivity contribution in [2.24, 2.45) is 0 Å². The Bertz CT molecular complexity index is 2910. The molecule has 0 spiro atoms. The van der Waals surface area contributed by atoms with Gasteiger partial charge in [-0.1, -0.05) is 137 Å². The average molecular weight is 1470 g/mol. The first-order chi connectivity index (χ1) is 46.8. The molecule has 14 unspecified atom stereocenters. The van der Waals surface area contributed by atoms with Crippen LogP contribution >= 0.6 is 23.0 Å². The van der Waals surface area contributed by atoms with E-state index in [4.69, 9.17) is 55.4 Å². The lowest BCUT2D eigenvalue weighted by atomic mass is 10.0. The third kappa shape index (κ3) is 33.0. The zero-order valence-electron chi connectivity index (χ0n) is 59.1. The highest BCUT2D eigenvalue weighted by molar-refractivity contribution is 7.57. The lowest BCUT2D eigenvalue weighted by Gasteiger charge is -2.19. The topological polar surface area (TPSA) is 346 Å². The molecule has 0 saturated carbocycles. The lowest BCUT2D eigenvalue weighted by molar-refractivity contribution is -0.766. The van der Waals surface area contributed by atoms with Gasteiger partial charge in [-0.3, -0.25) is 46.1 Å². The summed E-state index contributed by atoms with van der Waals surface area (Å²) in [4.78, 5) is 34.7. The molecule has 30 heteroatoms. The number of Topliss-reactive ketones (excluding diaryl/α,β-unsaturated/α-hetero) is 3. The monoisotopic (exact) mass is 1470 g/mol. The Morgan fingerprint density at radius 3 is 1.04 bits per heavy atom. The van der Waals surface area contributed by atoms with Crippen LogP contribution < -0.4 is 13.7 Å². The van der Waals surface area contributed by atoms with Crippen LogP contribution in [0.3, 0.4) is 0 Å². The average Bonchev–Trinajstić information content (AvgIpc) is 1.69. The van der Waals surface area contributed by atoms with E-state index in [1.807, 2.05) is 0 Å². The van der Waals surface area contributed by atoms with Gasteiger partial charge in [-0.2, -0.15) is 13.7 Å². The molecular weight excluding hydrogens is 1350 g/mol. The molecule has 6 rings (SSSR count). The fraction of sp³-hybridized carbons (Fsp3) is 0.739. The molecule has 3 aliphatic rings. The molecule has 6 N–H and O–H groups in total. The second-order valence-corrected chi connectivity index (χ2v) is 31.5. The van der Waals surface area contributed by atoms with E-state index in [0.717, 1.165) is 25.7 Å². The van der Waals surface area contributed by atoms with Crippen LogP contribution in [-0.2, 0) is 69.0 Å². The van der Waals surface area contributed by atoms with E-state index >= 15 is 0 Å². The van der Waals surface area contributed by atoms with E-state index in [1.54, 1.807) is 61.2 Å². The van der Waals surface area contributed by atoms with E-state index in [0.29, 0.717) is 42.9 Å². The Kier molecular flexibility index (Phi) is 43.9. The van der Waals surface area contributed by atoms with Crippen molar-refractivity contribution in [3.63, 3.8) is 0 Å². The van der Waals surface area contributed by atoms with Gasteiger partial charge in [0, 0.05) is 65.6 Å². The summed E-state index contributed by atoms with van der Waals surface area (Å²) in [6.07, 6.45) is 22.1. The Morgan fingerprint density at radius 1 is 0.414 bits per heavy atom. The maximum atomic E-state index is 12.8. The van der Waals surface area contributed by atoms with Crippen LogP contribution in [0.4, 0.5) is 0 Å². The highest BCUT2D eigenvalue weighted by Crippen LogP contribution is 2.50. The number of rotatable bonds is 47. The molecule has 3 aliphatic heterocycles. The Balaban J connectivity index is 0.000000399. The molecule has 6 heterocycles. The molecule has 0 aliphatic carbocycles. The number of aliphatic hydroxyl groups excluding tert-OH is 6. The number of carbonyl (C=O) groups is 3. The van der Waals surface area contributed by atoms with Crippen molar-refractivity contribution < 1.29 is 128 Å². The number of carbonyl (C=O) groups excluding carboxylic acids is 3. The van der Waals surface area contributed by atoms with Gasteiger partial charge in [0.1, 0.15) is 36.6 Å². The predicted octanol–water partition coefficient (Wildman–Crippen LogP) is 10.4. The standard InChI is InChI=1S/C29H51NO9P.C25H43NO9P.C14H21NO6P.CH4/c1-4-5-6-7-8-9-10-11-12-13-14-15-16-20-36-23-38-40(34,35-3)37-22-26-27(32)28(33)29(39-26)30-19-17-18-25(21-30)24(2)31;1-4-5-6-7-8-9-10-15-32-16-12-17-33-36(30,31-3)34-19-22-23(28)24(29)25(35-22)26-14-11-13-21(18-26)20(2)27;1-9(16)10-5-4-6-15(7-10)14-13(18)12(17)11(21-14)8-20-22(2,3)19;/h17-19,21,26-29,32-33H,4-16,20,22-23H2,1-3H3;11,13-14,18,22-25,28-29H,4-10,12,15-17,19H2,1-3H3;4-7,11-14,17-18H,8H2,1-3H3;1H4/q3*+1;. The molecule has 0 bridgehead atoms. The number of ketones is 3. The van der Waals surface area contributed by atoms with Gasteiger partial charge in [0.15, 0.2) is 87.0 Å². The second-order valence-electron chi connectivity index (χ2n) is 25.1. The number of phosphoric ester groups is 2. The first-order valence-corrected chi connectivity index (χ1v) is 40.1. The summed E-state index contributed by atoms with van der Waals surface area (Å²) in [6, 6.07) is 9.90. The van der Waals surface area contributed by atoms with Gasteiger partial charge in [0.2, 0.25) is 0 Å². The summed E-state index contributed by atoms with van der Waals surface area (Å²) in [6.45, 7) is 12.5. The molecule has 3 aromatic heterocycles. The quantitative estimate of drug-likeness (QED) is 0.0101. The van der Waals surface area contributed by atoms with Gasteiger partial charge in [-0.25, -0.2) is 9.13 Å². The SMILES string of the molecule is C.CC(=O)c1ccc[n+](C2OC(COP(C)(C)=O)C(O)C2O)c1.CCCCCCCCCCCCCCCOCOP(=O)(OC)OCC1OC([n+]2cccc(C(C)=O)c2)C(O)C1O.CCCCCCCCCOCCCOP(=O)(OC)OCC1OC([n+]2cccc(C(C)=O)c2)C(O)C1O. The summed E-state index contributed by atoms with van der Waals surface area (Å²) in [5.74, 6) is -0.393. The molecule has 0 amide bonds. The summed E-state index contributed by atoms with van der Waals surface area (Å²) in [5, 5.41) is 61.9. The number of unbranched alkanes of at least 4 members (excludes halogenated alkanes) is 18. The summed E-state index contributed by atoms with van der Waals surface area (Å²) in [7, 11) is -8.11. The van der Waals surface area contributed by atoms with Crippen molar-refractivity contribution in [2.75, 3.05) is 80.6 Å². The molecule has 566 valence electrons. The van der Waals surface area contributed by atoms with Crippen LogP contribution in [-0.4, -0.2) is 184 Å². The number of ether oxygens (including phenoxy) is 5. The fourth-order valence-corrected chi connectivity index (χ4v) is 13.1. The minimum absolute atomic E-state index is 0. The van der Waals surface area contributed by atoms with Crippen LogP contribution in [0.15, 0.2) is 73.6 Å². The highest BCUT2D eigenvalue weighted by Gasteiger charge is 2.51. The number of hydrogen-bond donors (Lipinski definition) is 6. The number of aliphatic hydroxyl groups is 6. The van der Waals surface area contributed by atoms with Gasteiger partial charge >= 0.3 is 15.6 Å². The van der Waals surface area contributed by atoms with Crippen molar-refractivity contribution >= 4 is 40.4 Å². The number of phosphoric acid groups is 2. The maximum Gasteiger partial charge on any atom is 0.476 e.